The Balaban J connectivity index is 1.48. The molecule has 2 heterocycles. The van der Waals surface area contributed by atoms with Crippen LogP contribution < -0.4 is 9.64 Å². The largest absolute Gasteiger partial charge is 0.493 e. The Morgan fingerprint density at radius 3 is 2.47 bits per heavy atom. The molecule has 0 fully saturated rings. The normalized spacial score (nSPS) is 12.6. The number of benzene rings is 3. The number of methoxy groups -OCH3 is 1. The van der Waals surface area contributed by atoms with Crippen molar-refractivity contribution in [3.63, 3.8) is 0 Å². The predicted octanol–water partition coefficient (Wildman–Crippen LogP) is 6.59. The van der Waals surface area contributed by atoms with Crippen molar-refractivity contribution < 1.29 is 19.1 Å². The highest BCUT2D eigenvalue weighted by atomic mass is 16.5. The van der Waals surface area contributed by atoms with Gasteiger partial charge in [0.25, 0.3) is 0 Å². The van der Waals surface area contributed by atoms with Gasteiger partial charge in [0, 0.05) is 24.4 Å². The molecule has 0 bridgehead atoms. The molecule has 1 aromatic heterocycles. The first-order chi connectivity index (χ1) is 18.2. The van der Waals surface area contributed by atoms with Crippen LogP contribution in [0.2, 0.25) is 0 Å². The number of rotatable bonds is 6. The van der Waals surface area contributed by atoms with Crippen molar-refractivity contribution in [3.05, 3.63) is 89.6 Å². The summed E-state index contributed by atoms with van der Waals surface area (Å²) in [5.74, 6) is 1.15. The van der Waals surface area contributed by atoms with Gasteiger partial charge in [-0.2, -0.15) is 0 Å². The van der Waals surface area contributed by atoms with E-state index in [4.69, 9.17) is 9.47 Å². The third-order valence-corrected chi connectivity index (χ3v) is 6.72. The third-order valence-electron chi connectivity index (χ3n) is 6.72. The molecule has 0 saturated carbocycles. The lowest BCUT2D eigenvalue weighted by molar-refractivity contribution is -0.120. The molecule has 6 nitrogen and oxygen atoms in total. The number of carbonyl (C=O) groups is 2. The lowest BCUT2D eigenvalue weighted by atomic mass is 9.91. The van der Waals surface area contributed by atoms with Gasteiger partial charge in [-0.25, -0.2) is 9.78 Å². The standard InChI is InChI=1S/C32H32N2O4/c1-32(2,3)19-29(35)34(30-27-11-9-26(31(36)37-4)18-24(27)13-15-33-30)20-21-5-7-22(8-6-21)23-10-12-28-25(17-23)14-16-38-28/h5-13,15,17-18H,14,16,19-20H2,1-4H3. The van der Waals surface area contributed by atoms with Gasteiger partial charge in [-0.05, 0) is 69.5 Å². The van der Waals surface area contributed by atoms with E-state index in [2.05, 4.69) is 62.2 Å². The SMILES string of the molecule is COC(=O)c1ccc2c(N(Cc3ccc(-c4ccc5c(c4)CCO5)cc3)C(=O)CC(C)(C)C)nccc2c1. The highest BCUT2D eigenvalue weighted by molar-refractivity contribution is 6.04. The quantitative estimate of drug-likeness (QED) is 0.275. The van der Waals surface area contributed by atoms with Gasteiger partial charge < -0.3 is 9.47 Å². The molecular formula is C32H32N2O4. The van der Waals surface area contributed by atoms with Gasteiger partial charge in [0.2, 0.25) is 5.91 Å². The average molecular weight is 509 g/mol. The van der Waals surface area contributed by atoms with Crippen LogP contribution in [0.1, 0.15) is 48.7 Å². The molecule has 0 radical (unpaired) electrons. The third kappa shape index (κ3) is 5.40. The molecule has 3 aromatic carbocycles. The van der Waals surface area contributed by atoms with E-state index in [0.29, 0.717) is 24.3 Å². The number of hydrogen-bond acceptors (Lipinski definition) is 5. The van der Waals surface area contributed by atoms with Gasteiger partial charge in [0.05, 0.1) is 25.8 Å². The fraction of sp³-hybridized carbons (Fsp3) is 0.281. The molecule has 38 heavy (non-hydrogen) atoms. The molecule has 6 heteroatoms. The van der Waals surface area contributed by atoms with Crippen molar-refractivity contribution in [3.8, 4) is 16.9 Å². The summed E-state index contributed by atoms with van der Waals surface area (Å²) in [5, 5.41) is 1.63. The minimum atomic E-state index is -0.401. The van der Waals surface area contributed by atoms with Crippen LogP contribution >= 0.6 is 0 Å². The molecule has 0 spiro atoms. The number of esters is 1. The molecule has 0 unspecified atom stereocenters. The van der Waals surface area contributed by atoms with Crippen molar-refractivity contribution in [2.45, 2.75) is 40.2 Å². The maximum absolute atomic E-state index is 13.6. The zero-order valence-corrected chi connectivity index (χ0v) is 22.3. The van der Waals surface area contributed by atoms with Gasteiger partial charge in [-0.15, -0.1) is 0 Å². The van der Waals surface area contributed by atoms with Crippen LogP contribution in [0.4, 0.5) is 5.82 Å². The summed E-state index contributed by atoms with van der Waals surface area (Å²) in [7, 11) is 1.36. The number of pyridine rings is 1. The zero-order chi connectivity index (χ0) is 26.9. The number of aromatic nitrogens is 1. The van der Waals surface area contributed by atoms with E-state index >= 15 is 0 Å². The van der Waals surface area contributed by atoms with E-state index in [1.165, 1.54) is 12.7 Å². The van der Waals surface area contributed by atoms with Crippen LogP contribution in [0.15, 0.2) is 72.9 Å². The molecule has 194 valence electrons. The Morgan fingerprint density at radius 1 is 0.974 bits per heavy atom. The summed E-state index contributed by atoms with van der Waals surface area (Å²) < 4.78 is 10.5. The Morgan fingerprint density at radius 2 is 1.74 bits per heavy atom. The van der Waals surface area contributed by atoms with E-state index < -0.39 is 5.97 Å². The molecular weight excluding hydrogens is 476 g/mol. The minimum absolute atomic E-state index is 0.00255. The van der Waals surface area contributed by atoms with Gasteiger partial charge in [-0.1, -0.05) is 51.1 Å². The van der Waals surface area contributed by atoms with Gasteiger partial charge >= 0.3 is 5.97 Å². The first-order valence-electron chi connectivity index (χ1n) is 12.8. The van der Waals surface area contributed by atoms with Crippen LogP contribution in [-0.4, -0.2) is 30.6 Å². The second-order valence-electron chi connectivity index (χ2n) is 10.9. The van der Waals surface area contributed by atoms with Gasteiger partial charge in [0.15, 0.2) is 0 Å². The molecule has 5 rings (SSSR count). The maximum Gasteiger partial charge on any atom is 0.337 e. The Kier molecular flexibility index (Phi) is 6.89. The fourth-order valence-electron chi connectivity index (χ4n) is 4.80. The van der Waals surface area contributed by atoms with E-state index in [9.17, 15) is 9.59 Å². The summed E-state index contributed by atoms with van der Waals surface area (Å²) in [5.41, 5.74) is 4.79. The summed E-state index contributed by atoms with van der Waals surface area (Å²) in [4.78, 5) is 32.1. The van der Waals surface area contributed by atoms with Crippen LogP contribution in [0.5, 0.6) is 5.75 Å². The van der Waals surface area contributed by atoms with Crippen molar-refractivity contribution in [1.82, 2.24) is 4.98 Å². The second kappa shape index (κ2) is 10.3. The monoisotopic (exact) mass is 508 g/mol. The highest BCUT2D eigenvalue weighted by Gasteiger charge is 2.25. The molecule has 0 N–H and O–H groups in total. The highest BCUT2D eigenvalue weighted by Crippen LogP contribution is 2.32. The number of nitrogens with zero attached hydrogens (tertiary/aromatic N) is 2. The van der Waals surface area contributed by atoms with Crippen LogP contribution in [0.25, 0.3) is 21.9 Å². The number of ether oxygens (including phenoxy) is 2. The number of carbonyl (C=O) groups excluding carboxylic acids is 2. The minimum Gasteiger partial charge on any atom is -0.493 e. The molecule has 0 atom stereocenters. The molecule has 0 aliphatic carbocycles. The van der Waals surface area contributed by atoms with Crippen molar-refractivity contribution in [1.29, 1.82) is 0 Å². The van der Waals surface area contributed by atoms with Crippen molar-refractivity contribution in [2.75, 3.05) is 18.6 Å². The number of fused-ring (bicyclic) bond motifs is 2. The summed E-state index contributed by atoms with van der Waals surface area (Å²) in [6.07, 6.45) is 2.99. The topological polar surface area (TPSA) is 68.7 Å². The molecule has 0 saturated heterocycles. The van der Waals surface area contributed by atoms with E-state index in [1.54, 1.807) is 23.2 Å². The fourth-order valence-corrected chi connectivity index (χ4v) is 4.80. The van der Waals surface area contributed by atoms with Gasteiger partial charge in [-0.3, -0.25) is 9.69 Å². The summed E-state index contributed by atoms with van der Waals surface area (Å²) in [6.45, 7) is 7.29. The Hall–Kier alpha value is -4.19. The molecule has 1 aliphatic heterocycles. The summed E-state index contributed by atoms with van der Waals surface area (Å²) >= 11 is 0. The predicted molar refractivity (Wildman–Crippen MR) is 149 cm³/mol. The van der Waals surface area contributed by atoms with Crippen LogP contribution in [-0.2, 0) is 22.5 Å². The lowest BCUT2D eigenvalue weighted by Crippen LogP contribution is -2.34. The number of anilines is 1. The second-order valence-corrected chi connectivity index (χ2v) is 10.9. The number of amides is 1. The van der Waals surface area contributed by atoms with Gasteiger partial charge in [0.1, 0.15) is 11.6 Å². The van der Waals surface area contributed by atoms with Crippen LogP contribution in [0.3, 0.4) is 0 Å². The van der Waals surface area contributed by atoms with E-state index in [0.717, 1.165) is 46.2 Å². The van der Waals surface area contributed by atoms with Crippen molar-refractivity contribution >= 4 is 28.5 Å². The van der Waals surface area contributed by atoms with Crippen LogP contribution in [0, 0.1) is 5.41 Å². The van der Waals surface area contributed by atoms with E-state index in [1.807, 2.05) is 18.2 Å². The lowest BCUT2D eigenvalue weighted by Gasteiger charge is -2.27. The number of hydrogen-bond donors (Lipinski definition) is 0. The smallest absolute Gasteiger partial charge is 0.337 e. The van der Waals surface area contributed by atoms with E-state index in [-0.39, 0.29) is 11.3 Å². The maximum atomic E-state index is 13.6. The Bertz CT molecular complexity index is 1500. The summed E-state index contributed by atoms with van der Waals surface area (Å²) in [6, 6.07) is 21.8. The first kappa shape index (κ1) is 25.5. The molecule has 1 amide bonds. The Labute approximate surface area is 223 Å². The molecule has 4 aromatic rings. The zero-order valence-electron chi connectivity index (χ0n) is 22.3. The molecule has 1 aliphatic rings. The average Bonchev–Trinajstić information content (AvgIpc) is 3.38. The van der Waals surface area contributed by atoms with Crippen molar-refractivity contribution in [2.24, 2.45) is 5.41 Å². The first-order valence-corrected chi connectivity index (χ1v) is 12.8.